The van der Waals surface area contributed by atoms with E-state index >= 15 is 0 Å². The first-order valence-electron chi connectivity index (χ1n) is 10.8. The number of rotatable bonds is 6. The molecule has 2 aromatic carbocycles. The Hall–Kier alpha value is -3.13. The highest BCUT2D eigenvalue weighted by Gasteiger charge is 2.30. The van der Waals surface area contributed by atoms with Gasteiger partial charge < -0.3 is 10.2 Å². The number of hydrogen-bond donors (Lipinski definition) is 1. The maximum atomic E-state index is 13.8. The molecule has 0 radical (unpaired) electrons. The van der Waals surface area contributed by atoms with E-state index < -0.39 is 11.7 Å². The Morgan fingerprint density at radius 1 is 1.09 bits per heavy atom. The number of piperidine rings is 1. The first-order chi connectivity index (χ1) is 15.6. The molecule has 1 fully saturated rings. The van der Waals surface area contributed by atoms with Crippen LogP contribution in [0.4, 0.5) is 10.1 Å². The molecule has 1 aliphatic heterocycles. The van der Waals surface area contributed by atoms with Gasteiger partial charge >= 0.3 is 0 Å². The van der Waals surface area contributed by atoms with Crippen LogP contribution in [0.3, 0.4) is 0 Å². The van der Waals surface area contributed by atoms with Crippen LogP contribution in [0, 0.1) is 5.82 Å². The molecule has 4 rings (SSSR count). The molecule has 0 bridgehead atoms. The normalized spacial score (nSPS) is 15.4. The van der Waals surface area contributed by atoms with Gasteiger partial charge in [-0.1, -0.05) is 60.7 Å². The number of hydrogen-bond acceptors (Lipinski definition) is 5. The largest absolute Gasteiger partial charge is 0.342 e. The quantitative estimate of drug-likeness (QED) is 0.581. The lowest BCUT2D eigenvalue weighted by Crippen LogP contribution is -2.40. The van der Waals surface area contributed by atoms with Crippen LogP contribution in [0.5, 0.6) is 0 Å². The first kappa shape index (κ1) is 22.1. The van der Waals surface area contributed by atoms with Crippen molar-refractivity contribution in [3.8, 4) is 0 Å². The summed E-state index contributed by atoms with van der Waals surface area (Å²) in [6.45, 7) is 3.35. The number of likely N-dealkylation sites (tertiary alicyclic amines) is 1. The third-order valence-corrected chi connectivity index (χ3v) is 6.91. The molecule has 0 aliphatic carbocycles. The van der Waals surface area contributed by atoms with Crippen molar-refractivity contribution in [1.29, 1.82) is 0 Å². The Morgan fingerprint density at radius 3 is 2.47 bits per heavy atom. The molecule has 1 aromatic heterocycles. The number of amides is 2. The number of carbonyl (C=O) groups is 2. The summed E-state index contributed by atoms with van der Waals surface area (Å²) in [6, 6.07) is 15.9. The summed E-state index contributed by atoms with van der Waals surface area (Å²) >= 11 is 1.23. The van der Waals surface area contributed by atoms with Gasteiger partial charge in [0, 0.05) is 19.0 Å². The predicted octanol–water partition coefficient (Wildman–Crippen LogP) is 4.83. The molecule has 2 amide bonds. The Kier molecular flexibility index (Phi) is 6.90. The minimum Gasteiger partial charge on any atom is -0.342 e. The standard InChI is InChI=1S/C24H25FN4O2S/c1-2-18(16-8-4-3-5-9-16)24(31)29-14-12-17(13-15-29)22-27-28-23(32-22)21(30)26-20-11-7-6-10-19(20)25/h3-11,17-18H,2,12-15H2,1H3,(H,26,30)/t18-/m0/s1. The second-order valence-corrected chi connectivity index (χ2v) is 8.86. The maximum absolute atomic E-state index is 13.8. The van der Waals surface area contributed by atoms with Crippen molar-refractivity contribution in [2.75, 3.05) is 18.4 Å². The van der Waals surface area contributed by atoms with Crippen molar-refractivity contribution in [1.82, 2.24) is 15.1 Å². The number of aromatic nitrogens is 2. The fraction of sp³-hybridized carbons (Fsp3) is 0.333. The zero-order valence-electron chi connectivity index (χ0n) is 17.8. The van der Waals surface area contributed by atoms with E-state index in [4.69, 9.17) is 0 Å². The van der Waals surface area contributed by atoms with Gasteiger partial charge in [-0.05, 0) is 37.0 Å². The lowest BCUT2D eigenvalue weighted by atomic mass is 9.92. The molecule has 166 valence electrons. The second-order valence-electron chi connectivity index (χ2n) is 7.85. The van der Waals surface area contributed by atoms with Gasteiger partial charge in [0.2, 0.25) is 10.9 Å². The van der Waals surface area contributed by atoms with Crippen LogP contribution in [-0.2, 0) is 4.79 Å². The van der Waals surface area contributed by atoms with Gasteiger partial charge in [-0.2, -0.15) is 0 Å². The number of benzene rings is 2. The molecule has 1 saturated heterocycles. The summed E-state index contributed by atoms with van der Waals surface area (Å²) in [6.07, 6.45) is 2.32. The summed E-state index contributed by atoms with van der Waals surface area (Å²) in [5.74, 6) is -0.769. The van der Waals surface area contributed by atoms with E-state index in [-0.39, 0.29) is 28.4 Å². The molecule has 0 unspecified atom stereocenters. The average Bonchev–Trinajstić information content (AvgIpc) is 3.32. The Bertz CT molecular complexity index is 1080. The molecule has 0 saturated carbocycles. The van der Waals surface area contributed by atoms with Crippen LogP contribution in [-0.4, -0.2) is 40.0 Å². The predicted molar refractivity (Wildman–Crippen MR) is 122 cm³/mol. The Balaban J connectivity index is 1.36. The van der Waals surface area contributed by atoms with E-state index in [0.717, 1.165) is 29.8 Å². The molecule has 1 atom stereocenters. The summed E-state index contributed by atoms with van der Waals surface area (Å²) < 4.78 is 13.8. The van der Waals surface area contributed by atoms with E-state index in [9.17, 15) is 14.0 Å². The highest BCUT2D eigenvalue weighted by atomic mass is 32.1. The van der Waals surface area contributed by atoms with Gasteiger partial charge in [-0.25, -0.2) is 4.39 Å². The molecule has 2 heterocycles. The number of para-hydroxylation sites is 1. The fourth-order valence-electron chi connectivity index (χ4n) is 4.04. The lowest BCUT2D eigenvalue weighted by Gasteiger charge is -2.33. The number of anilines is 1. The van der Waals surface area contributed by atoms with Crippen LogP contribution in [0.15, 0.2) is 54.6 Å². The van der Waals surface area contributed by atoms with Crippen molar-refractivity contribution in [3.63, 3.8) is 0 Å². The lowest BCUT2D eigenvalue weighted by molar-refractivity contribution is -0.134. The van der Waals surface area contributed by atoms with Crippen LogP contribution < -0.4 is 5.32 Å². The third-order valence-electron chi connectivity index (χ3n) is 5.82. The second kappa shape index (κ2) is 9.99. The Labute approximate surface area is 190 Å². The number of carbonyl (C=O) groups excluding carboxylic acids is 2. The summed E-state index contributed by atoms with van der Waals surface area (Å²) in [5.41, 5.74) is 1.17. The topological polar surface area (TPSA) is 75.2 Å². The van der Waals surface area contributed by atoms with Crippen molar-refractivity contribution < 1.29 is 14.0 Å². The summed E-state index contributed by atoms with van der Waals surface area (Å²) in [7, 11) is 0. The highest BCUT2D eigenvalue weighted by molar-refractivity contribution is 7.13. The molecular weight excluding hydrogens is 427 g/mol. The minimum absolute atomic E-state index is 0.116. The number of halogens is 1. The van der Waals surface area contributed by atoms with Crippen LogP contribution >= 0.6 is 11.3 Å². The first-order valence-corrected chi connectivity index (χ1v) is 11.6. The zero-order valence-corrected chi connectivity index (χ0v) is 18.6. The molecule has 6 nitrogen and oxygen atoms in total. The minimum atomic E-state index is -0.497. The zero-order chi connectivity index (χ0) is 22.5. The van der Waals surface area contributed by atoms with E-state index in [1.807, 2.05) is 42.2 Å². The Morgan fingerprint density at radius 2 is 1.78 bits per heavy atom. The molecule has 3 aromatic rings. The van der Waals surface area contributed by atoms with Gasteiger partial charge in [-0.3, -0.25) is 9.59 Å². The molecule has 32 heavy (non-hydrogen) atoms. The number of nitrogens with one attached hydrogen (secondary N) is 1. The molecule has 0 spiro atoms. The maximum Gasteiger partial charge on any atom is 0.286 e. The number of nitrogens with zero attached hydrogens (tertiary/aromatic N) is 3. The van der Waals surface area contributed by atoms with Crippen molar-refractivity contribution in [3.05, 3.63) is 76.0 Å². The van der Waals surface area contributed by atoms with E-state index in [1.54, 1.807) is 12.1 Å². The van der Waals surface area contributed by atoms with Crippen LogP contribution in [0.1, 0.15) is 58.4 Å². The van der Waals surface area contributed by atoms with E-state index in [1.165, 1.54) is 23.5 Å². The monoisotopic (exact) mass is 452 g/mol. The van der Waals surface area contributed by atoms with Gasteiger partial charge in [-0.15, -0.1) is 10.2 Å². The molecule has 1 aliphatic rings. The smallest absolute Gasteiger partial charge is 0.286 e. The van der Waals surface area contributed by atoms with Crippen molar-refractivity contribution >= 4 is 28.8 Å². The molecule has 8 heteroatoms. The van der Waals surface area contributed by atoms with Crippen molar-refractivity contribution in [2.45, 2.75) is 38.0 Å². The van der Waals surface area contributed by atoms with Crippen LogP contribution in [0.2, 0.25) is 0 Å². The van der Waals surface area contributed by atoms with Crippen molar-refractivity contribution in [2.24, 2.45) is 0 Å². The fourth-order valence-corrected chi connectivity index (χ4v) is 4.94. The molecule has 1 N–H and O–H groups in total. The van der Waals surface area contributed by atoms with Gasteiger partial charge in [0.25, 0.3) is 5.91 Å². The third kappa shape index (κ3) is 4.85. The van der Waals surface area contributed by atoms with E-state index in [2.05, 4.69) is 15.5 Å². The summed E-state index contributed by atoms with van der Waals surface area (Å²) in [5, 5.41) is 11.7. The SMILES string of the molecule is CC[C@H](C(=O)N1CCC(c2nnc(C(=O)Nc3ccccc3F)s2)CC1)c1ccccc1. The average molecular weight is 453 g/mol. The molecular formula is C24H25FN4O2S. The summed E-state index contributed by atoms with van der Waals surface area (Å²) in [4.78, 5) is 27.4. The van der Waals surface area contributed by atoms with E-state index in [0.29, 0.717) is 13.1 Å². The van der Waals surface area contributed by atoms with Crippen LogP contribution in [0.25, 0.3) is 0 Å². The van der Waals surface area contributed by atoms with Gasteiger partial charge in [0.15, 0.2) is 0 Å². The highest BCUT2D eigenvalue weighted by Crippen LogP contribution is 2.32. The van der Waals surface area contributed by atoms with Gasteiger partial charge in [0.1, 0.15) is 10.8 Å². The van der Waals surface area contributed by atoms with Gasteiger partial charge in [0.05, 0.1) is 11.6 Å².